The Balaban J connectivity index is 3.50. The minimum atomic E-state index is 0.221. The predicted molar refractivity (Wildman–Crippen MR) is 34.2 cm³/mol. The van der Waals surface area contributed by atoms with Crippen LogP contribution in [0.5, 0.6) is 0 Å². The second-order valence-electron chi connectivity index (χ2n) is 1.43. The van der Waals surface area contributed by atoms with Gasteiger partial charge in [-0.05, 0) is 6.92 Å². The molecular weight excluding hydrogens is 114 g/mol. The van der Waals surface area contributed by atoms with Gasteiger partial charge in [0.2, 0.25) is 0 Å². The van der Waals surface area contributed by atoms with E-state index in [0.717, 1.165) is 0 Å². The standard InChI is InChI=1S/C7H7NO/c1-3-4-9-6-7(2)5-8/h1,6H,4H2,2H3/b7-6+. The predicted octanol–water partition coefficient (Wildman–Crippen LogP) is 1.06. The van der Waals surface area contributed by atoms with Gasteiger partial charge >= 0.3 is 0 Å². The van der Waals surface area contributed by atoms with Crippen molar-refractivity contribution in [3.63, 3.8) is 0 Å². The molecular formula is C7H7NO. The van der Waals surface area contributed by atoms with Gasteiger partial charge in [-0.1, -0.05) is 5.92 Å². The van der Waals surface area contributed by atoms with Crippen LogP contribution in [-0.4, -0.2) is 6.61 Å². The highest BCUT2D eigenvalue weighted by Gasteiger charge is 1.80. The zero-order valence-corrected chi connectivity index (χ0v) is 5.22. The lowest BCUT2D eigenvalue weighted by Gasteiger charge is -1.89. The molecule has 0 fully saturated rings. The zero-order valence-electron chi connectivity index (χ0n) is 5.22. The number of allylic oxidation sites excluding steroid dienone is 1. The molecule has 0 amide bonds. The first-order valence-corrected chi connectivity index (χ1v) is 2.43. The fourth-order valence-corrected chi connectivity index (χ4v) is 0.241. The van der Waals surface area contributed by atoms with Gasteiger partial charge in [0.25, 0.3) is 0 Å². The Hall–Kier alpha value is -1.41. The Morgan fingerprint density at radius 2 is 2.56 bits per heavy atom. The quantitative estimate of drug-likeness (QED) is 0.237. The van der Waals surface area contributed by atoms with Crippen LogP contribution in [0.3, 0.4) is 0 Å². The summed E-state index contributed by atoms with van der Waals surface area (Å²) in [5.74, 6) is 2.27. The van der Waals surface area contributed by atoms with E-state index in [2.05, 4.69) is 5.92 Å². The Morgan fingerprint density at radius 1 is 1.89 bits per heavy atom. The summed E-state index contributed by atoms with van der Waals surface area (Å²) in [6.07, 6.45) is 6.22. The fourth-order valence-electron chi connectivity index (χ4n) is 0.241. The number of terminal acetylenes is 1. The Bertz CT molecular complexity index is 180. The number of rotatable bonds is 2. The Labute approximate surface area is 54.7 Å². The van der Waals surface area contributed by atoms with Crippen LogP contribution in [0.15, 0.2) is 11.8 Å². The largest absolute Gasteiger partial charge is 0.488 e. The number of ether oxygens (including phenoxy) is 1. The van der Waals surface area contributed by atoms with Gasteiger partial charge in [-0.3, -0.25) is 0 Å². The Kier molecular flexibility index (Phi) is 4.00. The monoisotopic (exact) mass is 121 g/mol. The van der Waals surface area contributed by atoms with Crippen molar-refractivity contribution in [1.29, 1.82) is 5.26 Å². The van der Waals surface area contributed by atoms with E-state index < -0.39 is 0 Å². The maximum atomic E-state index is 8.18. The molecule has 0 aromatic heterocycles. The second-order valence-corrected chi connectivity index (χ2v) is 1.43. The summed E-state index contributed by atoms with van der Waals surface area (Å²) in [6, 6.07) is 1.89. The van der Waals surface area contributed by atoms with Crippen molar-refractivity contribution in [2.75, 3.05) is 6.61 Å². The number of nitrogens with zero attached hydrogens (tertiary/aromatic N) is 1. The molecule has 0 atom stereocenters. The summed E-state index contributed by atoms with van der Waals surface area (Å²) >= 11 is 0. The molecule has 0 aliphatic rings. The summed E-state index contributed by atoms with van der Waals surface area (Å²) < 4.78 is 4.71. The summed E-state index contributed by atoms with van der Waals surface area (Å²) in [6.45, 7) is 1.87. The molecule has 0 N–H and O–H groups in total. The maximum Gasteiger partial charge on any atom is 0.147 e. The molecule has 0 saturated heterocycles. The van der Waals surface area contributed by atoms with Gasteiger partial charge in [-0.15, -0.1) is 6.42 Å². The minimum absolute atomic E-state index is 0.221. The van der Waals surface area contributed by atoms with Crippen LogP contribution in [0, 0.1) is 23.7 Å². The zero-order chi connectivity index (χ0) is 7.11. The number of nitriles is 1. The molecule has 0 spiro atoms. The number of hydrogen-bond acceptors (Lipinski definition) is 2. The normalized spacial score (nSPS) is 9.44. The molecule has 2 nitrogen and oxygen atoms in total. The molecule has 0 saturated carbocycles. The highest BCUT2D eigenvalue weighted by atomic mass is 16.5. The summed E-state index contributed by atoms with van der Waals surface area (Å²) in [4.78, 5) is 0. The van der Waals surface area contributed by atoms with Gasteiger partial charge in [-0.25, -0.2) is 0 Å². The van der Waals surface area contributed by atoms with E-state index in [4.69, 9.17) is 16.4 Å². The third-order valence-electron chi connectivity index (χ3n) is 0.603. The molecule has 0 bridgehead atoms. The van der Waals surface area contributed by atoms with Gasteiger partial charge in [0, 0.05) is 0 Å². The molecule has 0 unspecified atom stereocenters. The van der Waals surface area contributed by atoms with E-state index in [0.29, 0.717) is 5.57 Å². The van der Waals surface area contributed by atoms with E-state index in [1.165, 1.54) is 6.26 Å². The van der Waals surface area contributed by atoms with E-state index in [-0.39, 0.29) is 6.61 Å². The van der Waals surface area contributed by atoms with Gasteiger partial charge in [0.05, 0.1) is 17.9 Å². The maximum absolute atomic E-state index is 8.18. The van der Waals surface area contributed by atoms with Crippen molar-refractivity contribution in [2.24, 2.45) is 0 Å². The van der Waals surface area contributed by atoms with E-state index in [1.807, 2.05) is 6.07 Å². The molecule has 0 aromatic rings. The summed E-state index contributed by atoms with van der Waals surface area (Å²) in [5, 5.41) is 8.18. The van der Waals surface area contributed by atoms with Crippen LogP contribution >= 0.6 is 0 Å². The smallest absolute Gasteiger partial charge is 0.147 e. The lowest BCUT2D eigenvalue weighted by atomic mass is 10.4. The van der Waals surface area contributed by atoms with Crippen molar-refractivity contribution in [3.05, 3.63) is 11.8 Å². The molecule has 0 aliphatic heterocycles. The molecule has 2 heteroatoms. The van der Waals surface area contributed by atoms with Gasteiger partial charge in [0.1, 0.15) is 6.61 Å². The van der Waals surface area contributed by atoms with Gasteiger partial charge in [0.15, 0.2) is 0 Å². The highest BCUT2D eigenvalue weighted by molar-refractivity contribution is 5.14. The van der Waals surface area contributed by atoms with Crippen LogP contribution in [0.2, 0.25) is 0 Å². The van der Waals surface area contributed by atoms with Crippen molar-refractivity contribution in [2.45, 2.75) is 6.92 Å². The molecule has 0 rings (SSSR count). The first-order valence-electron chi connectivity index (χ1n) is 2.43. The lowest BCUT2D eigenvalue weighted by Crippen LogP contribution is -1.81. The Morgan fingerprint density at radius 3 is 3.00 bits per heavy atom. The van der Waals surface area contributed by atoms with Gasteiger partial charge in [-0.2, -0.15) is 5.26 Å². The van der Waals surface area contributed by atoms with E-state index >= 15 is 0 Å². The van der Waals surface area contributed by atoms with Crippen LogP contribution < -0.4 is 0 Å². The first-order chi connectivity index (χ1) is 4.31. The van der Waals surface area contributed by atoms with Crippen molar-refractivity contribution in [1.82, 2.24) is 0 Å². The third-order valence-corrected chi connectivity index (χ3v) is 0.603. The molecule has 0 heterocycles. The van der Waals surface area contributed by atoms with Crippen molar-refractivity contribution < 1.29 is 4.74 Å². The highest BCUT2D eigenvalue weighted by Crippen LogP contribution is 1.87. The number of hydrogen-bond donors (Lipinski definition) is 0. The van der Waals surface area contributed by atoms with Crippen LogP contribution in [0.4, 0.5) is 0 Å². The van der Waals surface area contributed by atoms with Crippen LogP contribution in [-0.2, 0) is 4.74 Å². The van der Waals surface area contributed by atoms with Crippen molar-refractivity contribution >= 4 is 0 Å². The molecule has 0 aliphatic carbocycles. The topological polar surface area (TPSA) is 33.0 Å². The second kappa shape index (κ2) is 4.74. The fraction of sp³-hybridized carbons (Fsp3) is 0.286. The van der Waals surface area contributed by atoms with Crippen LogP contribution in [0.25, 0.3) is 0 Å². The SMILES string of the molecule is C#CCO/C=C(\C)C#N. The van der Waals surface area contributed by atoms with Gasteiger partial charge < -0.3 is 4.74 Å². The third kappa shape index (κ3) is 4.44. The minimum Gasteiger partial charge on any atom is -0.488 e. The van der Waals surface area contributed by atoms with Crippen LogP contribution in [0.1, 0.15) is 6.92 Å². The molecule has 0 aromatic carbocycles. The van der Waals surface area contributed by atoms with E-state index in [9.17, 15) is 0 Å². The summed E-state index contributed by atoms with van der Waals surface area (Å²) in [7, 11) is 0. The van der Waals surface area contributed by atoms with E-state index in [1.54, 1.807) is 6.92 Å². The molecule has 0 radical (unpaired) electrons. The average molecular weight is 121 g/mol. The molecule has 9 heavy (non-hydrogen) atoms. The molecule has 46 valence electrons. The lowest BCUT2D eigenvalue weighted by molar-refractivity contribution is 0.294. The summed E-state index contributed by atoms with van der Waals surface area (Å²) in [5.41, 5.74) is 0.519. The van der Waals surface area contributed by atoms with Crippen molar-refractivity contribution in [3.8, 4) is 18.4 Å². The average Bonchev–Trinajstić information content (AvgIpc) is 1.89. The first kappa shape index (κ1) is 7.59.